The van der Waals surface area contributed by atoms with Crippen molar-refractivity contribution in [1.82, 2.24) is 39.6 Å². The third kappa shape index (κ3) is 6.47. The number of carbonyl (C=O) groups is 2. The van der Waals surface area contributed by atoms with Crippen LogP contribution in [0.5, 0.6) is 0 Å². The molecule has 13 heteroatoms. The second-order valence-corrected chi connectivity index (χ2v) is 11.0. The molecule has 12 nitrogen and oxygen atoms in total. The summed E-state index contributed by atoms with van der Waals surface area (Å²) in [4.78, 5) is 36.3. The summed E-state index contributed by atoms with van der Waals surface area (Å²) in [5, 5.41) is 15.7. The van der Waals surface area contributed by atoms with Crippen LogP contribution in [0.2, 0.25) is 0 Å². The Balaban J connectivity index is 1.47. The molecule has 0 radical (unpaired) electrons. The third-order valence-electron chi connectivity index (χ3n) is 6.23. The highest BCUT2D eigenvalue weighted by atomic mass is 79.9. The number of aryl methyl sites for hydroxylation is 1. The summed E-state index contributed by atoms with van der Waals surface area (Å²) in [5.74, 6) is 0.612. The molecular weight excluding hydrogens is 566 g/mol. The van der Waals surface area contributed by atoms with E-state index < -0.39 is 17.7 Å². The van der Waals surface area contributed by atoms with Gasteiger partial charge in [-0.15, -0.1) is 5.10 Å². The molecule has 0 aliphatic carbocycles. The highest BCUT2D eigenvalue weighted by Gasteiger charge is 2.24. The Kier molecular flexibility index (Phi) is 8.38. The van der Waals surface area contributed by atoms with Gasteiger partial charge in [-0.25, -0.2) is 14.8 Å². The van der Waals surface area contributed by atoms with Crippen LogP contribution < -0.4 is 10.6 Å². The van der Waals surface area contributed by atoms with Gasteiger partial charge in [0.05, 0.1) is 17.3 Å². The fourth-order valence-electron chi connectivity index (χ4n) is 4.17. The zero-order valence-corrected chi connectivity index (χ0v) is 24.6. The SMILES string of the molecule is CCCC(C)(C)OC(=O)N(C)CCNC(=O)[C@@H](C)Nc1nc2c(Br)cccc2c2nc(-c3cnn(C)c3)nn12. The lowest BCUT2D eigenvalue weighted by Crippen LogP contribution is -2.43. The second-order valence-electron chi connectivity index (χ2n) is 10.1. The lowest BCUT2D eigenvalue weighted by atomic mass is 10.0. The number of carbonyl (C=O) groups excluding carboxylic acids is 2. The maximum atomic E-state index is 12.9. The van der Waals surface area contributed by atoms with Gasteiger partial charge in [0, 0.05) is 43.2 Å². The number of nitrogens with zero attached hydrogens (tertiary/aromatic N) is 7. The van der Waals surface area contributed by atoms with E-state index in [1.807, 2.05) is 52.2 Å². The summed E-state index contributed by atoms with van der Waals surface area (Å²) >= 11 is 3.57. The highest BCUT2D eigenvalue weighted by Crippen LogP contribution is 2.28. The zero-order valence-electron chi connectivity index (χ0n) is 23.0. The normalized spacial score (nSPS) is 12.5. The number of para-hydroxylation sites is 1. The van der Waals surface area contributed by atoms with Crippen LogP contribution in [0.3, 0.4) is 0 Å². The Hall–Kier alpha value is -3.74. The minimum absolute atomic E-state index is 0.252. The summed E-state index contributed by atoms with van der Waals surface area (Å²) < 4.78 is 9.65. The van der Waals surface area contributed by atoms with Crippen molar-refractivity contribution < 1.29 is 14.3 Å². The van der Waals surface area contributed by atoms with Crippen molar-refractivity contribution in [2.24, 2.45) is 7.05 Å². The molecule has 4 rings (SSSR count). The predicted octanol–water partition coefficient (Wildman–Crippen LogP) is 4.00. The van der Waals surface area contributed by atoms with Crippen molar-refractivity contribution in [2.75, 3.05) is 25.5 Å². The average Bonchev–Trinajstić information content (AvgIpc) is 3.51. The van der Waals surface area contributed by atoms with E-state index in [1.54, 1.807) is 29.4 Å². The van der Waals surface area contributed by atoms with Gasteiger partial charge in [-0.2, -0.15) is 9.61 Å². The number of hydrogen-bond acceptors (Lipinski definition) is 8. The first kappa shape index (κ1) is 28.3. The van der Waals surface area contributed by atoms with Gasteiger partial charge >= 0.3 is 6.09 Å². The van der Waals surface area contributed by atoms with E-state index >= 15 is 0 Å². The molecule has 0 saturated heterocycles. The van der Waals surface area contributed by atoms with Gasteiger partial charge in [0.25, 0.3) is 0 Å². The number of hydrogen-bond donors (Lipinski definition) is 2. The number of fused-ring (bicyclic) bond motifs is 3. The Bertz CT molecular complexity index is 1500. The molecule has 0 fully saturated rings. The van der Waals surface area contributed by atoms with Crippen molar-refractivity contribution in [3.05, 3.63) is 35.1 Å². The summed E-state index contributed by atoms with van der Waals surface area (Å²) in [6.07, 6.45) is 4.80. The molecule has 0 aliphatic heterocycles. The van der Waals surface area contributed by atoms with Crippen LogP contribution in [0, 0.1) is 0 Å². The number of aromatic nitrogens is 6. The number of ether oxygens (including phenoxy) is 1. The number of nitrogens with one attached hydrogen (secondary N) is 2. The summed E-state index contributed by atoms with van der Waals surface area (Å²) in [6, 6.07) is 5.09. The fraction of sp³-hybridized carbons (Fsp3) is 0.462. The van der Waals surface area contributed by atoms with Crippen molar-refractivity contribution in [2.45, 2.75) is 52.2 Å². The van der Waals surface area contributed by atoms with Gasteiger partial charge in [0.15, 0.2) is 11.5 Å². The van der Waals surface area contributed by atoms with Gasteiger partial charge in [-0.1, -0.05) is 19.4 Å². The lowest BCUT2D eigenvalue weighted by Gasteiger charge is -2.28. The van der Waals surface area contributed by atoms with Crippen molar-refractivity contribution in [3.8, 4) is 11.4 Å². The first-order chi connectivity index (χ1) is 18.5. The molecule has 1 aromatic carbocycles. The molecule has 2 N–H and O–H groups in total. The van der Waals surface area contributed by atoms with E-state index in [4.69, 9.17) is 14.7 Å². The average molecular weight is 601 g/mol. The van der Waals surface area contributed by atoms with Gasteiger partial charge < -0.3 is 20.3 Å². The summed E-state index contributed by atoms with van der Waals surface area (Å²) in [5.41, 5.74) is 1.52. The first-order valence-corrected chi connectivity index (χ1v) is 13.6. The quantitative estimate of drug-likeness (QED) is 0.279. The number of halogens is 1. The van der Waals surface area contributed by atoms with Crippen molar-refractivity contribution >= 4 is 50.4 Å². The Morgan fingerprint density at radius 1 is 1.26 bits per heavy atom. The molecule has 0 bridgehead atoms. The number of anilines is 1. The summed E-state index contributed by atoms with van der Waals surface area (Å²) in [7, 11) is 3.48. The van der Waals surface area contributed by atoms with Gasteiger partial charge in [-0.05, 0) is 55.3 Å². The van der Waals surface area contributed by atoms with Gasteiger partial charge in [0.1, 0.15) is 11.6 Å². The highest BCUT2D eigenvalue weighted by molar-refractivity contribution is 9.10. The monoisotopic (exact) mass is 599 g/mol. The fourth-order valence-corrected chi connectivity index (χ4v) is 4.62. The standard InChI is InChI=1S/C26H34BrN9O3/c1-7-11-26(3,4)39-25(38)34(5)13-12-28-23(37)16(2)30-24-31-20-18(9-8-10-19(20)27)22-32-21(33-36(22)24)17-14-29-35(6)15-17/h8-10,14-16H,7,11-13H2,1-6H3,(H,28,37)(H,30,31)/t16-/m1/s1. The topological polar surface area (TPSA) is 132 Å². The molecule has 0 spiro atoms. The molecule has 3 heterocycles. The smallest absolute Gasteiger partial charge is 0.410 e. The maximum absolute atomic E-state index is 12.9. The molecule has 208 valence electrons. The van der Waals surface area contributed by atoms with E-state index in [0.717, 1.165) is 28.3 Å². The van der Waals surface area contributed by atoms with Crippen molar-refractivity contribution in [3.63, 3.8) is 0 Å². The maximum Gasteiger partial charge on any atom is 0.410 e. The number of rotatable bonds is 10. The van der Waals surface area contributed by atoms with Gasteiger partial charge in [0.2, 0.25) is 11.9 Å². The Morgan fingerprint density at radius 3 is 2.72 bits per heavy atom. The lowest BCUT2D eigenvalue weighted by molar-refractivity contribution is -0.121. The first-order valence-electron chi connectivity index (χ1n) is 12.8. The molecule has 2 amide bonds. The van der Waals surface area contributed by atoms with Crippen LogP contribution in [0.15, 0.2) is 35.1 Å². The molecular formula is C26H34BrN9O3. The minimum atomic E-state index is -0.646. The molecule has 0 unspecified atom stereocenters. The molecule has 4 aromatic rings. The Morgan fingerprint density at radius 2 is 2.03 bits per heavy atom. The molecule has 0 aliphatic rings. The van der Waals surface area contributed by atoms with E-state index in [2.05, 4.69) is 36.8 Å². The molecule has 39 heavy (non-hydrogen) atoms. The molecule has 3 aromatic heterocycles. The van der Waals surface area contributed by atoms with Gasteiger partial charge in [-0.3, -0.25) is 9.48 Å². The van der Waals surface area contributed by atoms with Crippen LogP contribution in [0.4, 0.5) is 10.7 Å². The largest absolute Gasteiger partial charge is 0.443 e. The molecule has 1 atom stereocenters. The van der Waals surface area contributed by atoms with Crippen LogP contribution >= 0.6 is 15.9 Å². The predicted molar refractivity (Wildman–Crippen MR) is 152 cm³/mol. The number of amides is 2. The number of likely N-dealkylation sites (N-methyl/N-ethyl adjacent to an activating group) is 1. The van der Waals surface area contributed by atoms with E-state index in [-0.39, 0.29) is 12.5 Å². The Labute approximate surface area is 235 Å². The van der Waals surface area contributed by atoms with Crippen molar-refractivity contribution in [1.29, 1.82) is 0 Å². The van der Waals surface area contributed by atoms with Crippen LogP contribution in [0.25, 0.3) is 27.9 Å². The van der Waals surface area contributed by atoms with E-state index in [0.29, 0.717) is 29.5 Å². The summed E-state index contributed by atoms with van der Waals surface area (Å²) in [6.45, 7) is 8.14. The third-order valence-corrected chi connectivity index (χ3v) is 6.87. The van der Waals surface area contributed by atoms with E-state index in [1.165, 1.54) is 4.90 Å². The van der Waals surface area contributed by atoms with Crippen LogP contribution in [-0.4, -0.2) is 78.0 Å². The molecule has 0 saturated carbocycles. The van der Waals surface area contributed by atoms with Crippen LogP contribution in [0.1, 0.15) is 40.5 Å². The van der Waals surface area contributed by atoms with Crippen LogP contribution in [-0.2, 0) is 16.6 Å². The minimum Gasteiger partial charge on any atom is -0.443 e. The van der Waals surface area contributed by atoms with E-state index in [9.17, 15) is 9.59 Å². The zero-order chi connectivity index (χ0) is 28.3. The second kappa shape index (κ2) is 11.6. The number of benzene rings is 1.